The first-order chi connectivity index (χ1) is 9.82. The van der Waals surface area contributed by atoms with E-state index in [-0.39, 0.29) is 12.1 Å². The summed E-state index contributed by atoms with van der Waals surface area (Å²) in [4.78, 5) is 0. The SMILES string of the molecule is CC(C)(C)NCc1cc(COc2cc(Cl)cc(Cl)c2)on1. The van der Waals surface area contributed by atoms with E-state index in [4.69, 9.17) is 32.5 Å². The second-order valence-corrected chi connectivity index (χ2v) is 6.65. The average Bonchev–Trinajstić information content (AvgIpc) is 2.80. The third-order valence-electron chi connectivity index (χ3n) is 2.62. The van der Waals surface area contributed by atoms with Gasteiger partial charge in [0.15, 0.2) is 5.76 Å². The lowest BCUT2D eigenvalue weighted by Gasteiger charge is -2.19. The van der Waals surface area contributed by atoms with Crippen LogP contribution in [0.2, 0.25) is 10.0 Å². The first kappa shape index (κ1) is 16.1. The predicted octanol–water partition coefficient (Wildman–Crippen LogP) is 4.45. The minimum Gasteiger partial charge on any atom is -0.485 e. The standard InChI is InChI=1S/C15H18Cl2N2O2/c1-15(2,3)18-8-12-7-14(21-19-12)9-20-13-5-10(16)4-11(17)6-13/h4-7,18H,8-9H2,1-3H3. The Kier molecular flexibility index (Phi) is 5.14. The zero-order valence-corrected chi connectivity index (χ0v) is 13.8. The maximum absolute atomic E-state index is 5.91. The van der Waals surface area contributed by atoms with Crippen molar-refractivity contribution in [1.82, 2.24) is 10.5 Å². The highest BCUT2D eigenvalue weighted by Crippen LogP contribution is 2.24. The highest BCUT2D eigenvalue weighted by atomic mass is 35.5. The van der Waals surface area contributed by atoms with Gasteiger partial charge < -0.3 is 14.6 Å². The quantitative estimate of drug-likeness (QED) is 0.880. The van der Waals surface area contributed by atoms with Crippen molar-refractivity contribution in [2.75, 3.05) is 0 Å². The largest absolute Gasteiger partial charge is 0.485 e. The fourth-order valence-corrected chi connectivity index (χ4v) is 2.14. The number of nitrogens with zero attached hydrogens (tertiary/aromatic N) is 1. The molecule has 0 saturated heterocycles. The van der Waals surface area contributed by atoms with Gasteiger partial charge in [-0.1, -0.05) is 28.4 Å². The van der Waals surface area contributed by atoms with Crippen molar-refractivity contribution in [2.24, 2.45) is 0 Å². The van der Waals surface area contributed by atoms with E-state index in [0.717, 1.165) is 5.69 Å². The zero-order chi connectivity index (χ0) is 15.5. The van der Waals surface area contributed by atoms with Crippen LogP contribution in [0.1, 0.15) is 32.2 Å². The van der Waals surface area contributed by atoms with Crippen LogP contribution in [-0.4, -0.2) is 10.7 Å². The molecule has 1 aromatic heterocycles. The number of hydrogen-bond donors (Lipinski definition) is 1. The Morgan fingerprint density at radius 1 is 1.14 bits per heavy atom. The molecule has 0 unspecified atom stereocenters. The van der Waals surface area contributed by atoms with Crippen LogP contribution >= 0.6 is 23.2 Å². The molecule has 1 N–H and O–H groups in total. The van der Waals surface area contributed by atoms with Gasteiger partial charge >= 0.3 is 0 Å². The van der Waals surface area contributed by atoms with Crippen LogP contribution in [0.15, 0.2) is 28.8 Å². The van der Waals surface area contributed by atoms with Crippen molar-refractivity contribution in [3.8, 4) is 5.75 Å². The van der Waals surface area contributed by atoms with Gasteiger partial charge in [0.05, 0.1) is 5.69 Å². The van der Waals surface area contributed by atoms with Gasteiger partial charge in [-0.3, -0.25) is 0 Å². The average molecular weight is 329 g/mol. The molecule has 0 fully saturated rings. The number of benzene rings is 1. The lowest BCUT2D eigenvalue weighted by Crippen LogP contribution is -2.35. The molecule has 2 aromatic rings. The molecule has 0 saturated carbocycles. The second kappa shape index (κ2) is 6.69. The van der Waals surface area contributed by atoms with Crippen molar-refractivity contribution in [3.63, 3.8) is 0 Å². The summed E-state index contributed by atoms with van der Waals surface area (Å²) >= 11 is 11.8. The van der Waals surface area contributed by atoms with Gasteiger partial charge in [0.1, 0.15) is 12.4 Å². The van der Waals surface area contributed by atoms with Crippen LogP contribution in [0.3, 0.4) is 0 Å². The van der Waals surface area contributed by atoms with Crippen molar-refractivity contribution in [3.05, 3.63) is 45.8 Å². The molecule has 0 aliphatic rings. The highest BCUT2D eigenvalue weighted by molar-refractivity contribution is 6.34. The number of rotatable bonds is 5. The molecule has 0 amide bonds. The Labute approximate surface area is 134 Å². The molecule has 1 aromatic carbocycles. The summed E-state index contributed by atoms with van der Waals surface area (Å²) in [7, 11) is 0. The van der Waals surface area contributed by atoms with E-state index < -0.39 is 0 Å². The van der Waals surface area contributed by atoms with E-state index >= 15 is 0 Å². The lowest BCUT2D eigenvalue weighted by atomic mass is 10.1. The van der Waals surface area contributed by atoms with E-state index in [1.165, 1.54) is 0 Å². The first-order valence-electron chi connectivity index (χ1n) is 6.60. The van der Waals surface area contributed by atoms with Gasteiger partial charge in [0, 0.05) is 28.2 Å². The maximum atomic E-state index is 5.91. The molecule has 1 heterocycles. The number of nitrogens with one attached hydrogen (secondary N) is 1. The Bertz CT molecular complexity index is 586. The zero-order valence-electron chi connectivity index (χ0n) is 12.2. The molecule has 0 spiro atoms. The van der Waals surface area contributed by atoms with E-state index in [9.17, 15) is 0 Å². The predicted molar refractivity (Wildman–Crippen MR) is 83.9 cm³/mol. The topological polar surface area (TPSA) is 47.3 Å². The molecule has 4 nitrogen and oxygen atoms in total. The molecular weight excluding hydrogens is 311 g/mol. The molecule has 0 radical (unpaired) electrons. The van der Waals surface area contributed by atoms with Crippen LogP contribution in [0.25, 0.3) is 0 Å². The Morgan fingerprint density at radius 2 is 1.81 bits per heavy atom. The van der Waals surface area contributed by atoms with Crippen molar-refractivity contribution in [1.29, 1.82) is 0 Å². The maximum Gasteiger partial charge on any atom is 0.174 e. The van der Waals surface area contributed by atoms with Gasteiger partial charge in [0.2, 0.25) is 0 Å². The van der Waals surface area contributed by atoms with Crippen LogP contribution in [0.4, 0.5) is 0 Å². The molecule has 6 heteroatoms. The summed E-state index contributed by atoms with van der Waals surface area (Å²) in [5.41, 5.74) is 0.875. The lowest BCUT2D eigenvalue weighted by molar-refractivity contribution is 0.248. The minimum absolute atomic E-state index is 0.0349. The Hall–Kier alpha value is -1.23. The Balaban J connectivity index is 1.90. The van der Waals surface area contributed by atoms with Crippen molar-refractivity contribution < 1.29 is 9.26 Å². The molecular formula is C15H18Cl2N2O2. The Morgan fingerprint density at radius 3 is 2.43 bits per heavy atom. The van der Waals surface area contributed by atoms with Gasteiger partial charge in [-0.2, -0.15) is 0 Å². The van der Waals surface area contributed by atoms with E-state index in [0.29, 0.717) is 28.1 Å². The number of hydrogen-bond acceptors (Lipinski definition) is 4. The van der Waals surface area contributed by atoms with E-state index in [2.05, 4.69) is 31.2 Å². The molecule has 114 valence electrons. The molecule has 0 aliphatic heterocycles. The third-order valence-corrected chi connectivity index (χ3v) is 3.06. The highest BCUT2D eigenvalue weighted by Gasteiger charge is 2.11. The van der Waals surface area contributed by atoms with Gasteiger partial charge in [-0.15, -0.1) is 0 Å². The summed E-state index contributed by atoms with van der Waals surface area (Å²) in [6.07, 6.45) is 0. The number of aromatic nitrogens is 1. The fraction of sp³-hybridized carbons (Fsp3) is 0.400. The van der Waals surface area contributed by atoms with Crippen molar-refractivity contribution >= 4 is 23.2 Å². The molecule has 0 aliphatic carbocycles. The van der Waals surface area contributed by atoms with Gasteiger partial charge in [-0.25, -0.2) is 0 Å². The number of ether oxygens (including phenoxy) is 1. The van der Waals surface area contributed by atoms with Gasteiger partial charge in [-0.05, 0) is 39.0 Å². The van der Waals surface area contributed by atoms with E-state index in [1.54, 1.807) is 18.2 Å². The van der Waals surface area contributed by atoms with Crippen LogP contribution in [0.5, 0.6) is 5.75 Å². The molecule has 0 bridgehead atoms. The molecule has 0 atom stereocenters. The summed E-state index contributed by atoms with van der Waals surface area (Å²) in [6.45, 7) is 7.22. The van der Waals surface area contributed by atoms with Crippen LogP contribution in [0, 0.1) is 0 Å². The number of halogens is 2. The molecule has 2 rings (SSSR count). The monoisotopic (exact) mass is 328 g/mol. The summed E-state index contributed by atoms with van der Waals surface area (Å²) in [6, 6.07) is 6.92. The summed E-state index contributed by atoms with van der Waals surface area (Å²) in [5, 5.41) is 8.40. The van der Waals surface area contributed by atoms with Crippen LogP contribution < -0.4 is 10.1 Å². The second-order valence-electron chi connectivity index (χ2n) is 5.78. The van der Waals surface area contributed by atoms with Gasteiger partial charge in [0.25, 0.3) is 0 Å². The van der Waals surface area contributed by atoms with Crippen molar-refractivity contribution in [2.45, 2.75) is 39.5 Å². The summed E-state index contributed by atoms with van der Waals surface area (Å²) in [5.74, 6) is 1.25. The first-order valence-corrected chi connectivity index (χ1v) is 7.36. The fourth-order valence-electron chi connectivity index (χ4n) is 1.63. The van der Waals surface area contributed by atoms with E-state index in [1.807, 2.05) is 6.07 Å². The third kappa shape index (κ3) is 5.58. The van der Waals surface area contributed by atoms with Crippen LogP contribution in [-0.2, 0) is 13.2 Å². The normalized spacial score (nSPS) is 11.7. The summed E-state index contributed by atoms with van der Waals surface area (Å²) < 4.78 is 10.8. The molecule has 21 heavy (non-hydrogen) atoms. The smallest absolute Gasteiger partial charge is 0.174 e. The minimum atomic E-state index is 0.0349.